The maximum atomic E-state index is 12.4. The molecule has 0 spiro atoms. The fraction of sp³-hybridized carbons (Fsp3) is 0.467. The number of nitrogens with one attached hydrogen (secondary N) is 1. The zero-order chi connectivity index (χ0) is 20.0. The third-order valence-electron chi connectivity index (χ3n) is 3.35. The number of sulfonamides is 1. The molecule has 0 fully saturated rings. The van der Waals surface area contributed by atoms with Crippen LogP contribution in [0.2, 0.25) is 0 Å². The van der Waals surface area contributed by atoms with Crippen molar-refractivity contribution in [3.63, 3.8) is 0 Å². The smallest absolute Gasteiger partial charge is 0.323 e. The lowest BCUT2D eigenvalue weighted by atomic mass is 10.2. The molecule has 0 aliphatic heterocycles. The highest BCUT2D eigenvalue weighted by atomic mass is 32.2. The summed E-state index contributed by atoms with van der Waals surface area (Å²) in [5.41, 5.74) is 0.494. The molecule has 0 heterocycles. The Bertz CT molecular complexity index is 836. The summed E-state index contributed by atoms with van der Waals surface area (Å²) in [4.78, 5) is 24.0. The van der Waals surface area contributed by atoms with Gasteiger partial charge in [-0.2, -0.15) is 0 Å². The molecule has 1 aromatic rings. The summed E-state index contributed by atoms with van der Waals surface area (Å²) in [5, 5.41) is 8.77. The van der Waals surface area contributed by atoms with Crippen molar-refractivity contribution in [2.45, 2.75) is 18.2 Å². The van der Waals surface area contributed by atoms with Crippen LogP contribution in [0, 0.1) is 0 Å². The van der Waals surface area contributed by atoms with Gasteiger partial charge in [0, 0.05) is 13.3 Å². The molecule has 2 N–H and O–H groups in total. The number of likely N-dealkylation sites (N-methyl/N-ethyl adjacent to an activating group) is 1. The summed E-state index contributed by atoms with van der Waals surface area (Å²) in [6, 6.07) is 6.88. The standard InChI is InChI=1S/C15H22N2O7S2/c1-17(10-14(18)19)15(20)13(8-9-25(2,21)22)16-26(23,24)11-12-6-4-3-5-7-12/h3-7,13,16H,8-11H2,1-2H3,(H,18,19). The number of aliphatic carboxylic acids is 1. The molecule has 11 heteroatoms. The lowest BCUT2D eigenvalue weighted by Gasteiger charge is -2.23. The van der Waals surface area contributed by atoms with Gasteiger partial charge in [0.2, 0.25) is 15.9 Å². The number of carboxylic acid groups (broad SMARTS) is 1. The van der Waals surface area contributed by atoms with Crippen LogP contribution in [0.15, 0.2) is 30.3 Å². The Labute approximate surface area is 153 Å². The van der Waals surface area contributed by atoms with Crippen LogP contribution in [0.5, 0.6) is 0 Å². The maximum absolute atomic E-state index is 12.4. The Kier molecular flexibility index (Phi) is 7.72. The maximum Gasteiger partial charge on any atom is 0.323 e. The van der Waals surface area contributed by atoms with Crippen molar-refractivity contribution < 1.29 is 31.5 Å². The topological polar surface area (TPSA) is 138 Å². The first-order chi connectivity index (χ1) is 11.9. The molecule has 0 aliphatic carbocycles. The summed E-state index contributed by atoms with van der Waals surface area (Å²) in [5.74, 6) is -2.89. The fourth-order valence-electron chi connectivity index (χ4n) is 2.16. The van der Waals surface area contributed by atoms with E-state index in [4.69, 9.17) is 5.11 Å². The van der Waals surface area contributed by atoms with Gasteiger partial charge in [0.1, 0.15) is 22.4 Å². The number of carbonyl (C=O) groups excluding carboxylic acids is 1. The summed E-state index contributed by atoms with van der Waals surface area (Å²) in [6.07, 6.45) is 0.670. The highest BCUT2D eigenvalue weighted by Crippen LogP contribution is 2.08. The third-order valence-corrected chi connectivity index (χ3v) is 5.68. The van der Waals surface area contributed by atoms with Gasteiger partial charge >= 0.3 is 5.97 Å². The second-order valence-corrected chi connectivity index (χ2v) is 9.94. The average molecular weight is 406 g/mol. The van der Waals surface area contributed by atoms with Gasteiger partial charge in [-0.3, -0.25) is 9.59 Å². The lowest BCUT2D eigenvalue weighted by molar-refractivity contribution is -0.144. The van der Waals surface area contributed by atoms with Crippen molar-refractivity contribution in [1.29, 1.82) is 0 Å². The van der Waals surface area contributed by atoms with Crippen LogP contribution in [0.25, 0.3) is 0 Å². The van der Waals surface area contributed by atoms with Gasteiger partial charge in [0.05, 0.1) is 11.5 Å². The Morgan fingerprint density at radius 1 is 1.15 bits per heavy atom. The molecule has 0 saturated carbocycles. The molecule has 0 radical (unpaired) electrons. The monoisotopic (exact) mass is 406 g/mol. The van der Waals surface area contributed by atoms with Crippen LogP contribution in [0.1, 0.15) is 12.0 Å². The van der Waals surface area contributed by atoms with Crippen LogP contribution in [-0.4, -0.2) is 70.4 Å². The van der Waals surface area contributed by atoms with Crippen LogP contribution in [0.3, 0.4) is 0 Å². The van der Waals surface area contributed by atoms with Gasteiger partial charge in [-0.25, -0.2) is 21.6 Å². The summed E-state index contributed by atoms with van der Waals surface area (Å²) >= 11 is 0. The second kappa shape index (κ2) is 9.10. The quantitative estimate of drug-likeness (QED) is 0.532. The minimum Gasteiger partial charge on any atom is -0.480 e. The number of rotatable bonds is 10. The molecule has 9 nitrogen and oxygen atoms in total. The molecule has 0 aliphatic rings. The van der Waals surface area contributed by atoms with E-state index >= 15 is 0 Å². The molecule has 1 aromatic carbocycles. The Hall–Kier alpha value is -1.98. The van der Waals surface area contributed by atoms with E-state index in [0.717, 1.165) is 11.2 Å². The van der Waals surface area contributed by atoms with Crippen molar-refractivity contribution in [2.24, 2.45) is 0 Å². The highest BCUT2D eigenvalue weighted by molar-refractivity contribution is 7.90. The molecular weight excluding hydrogens is 384 g/mol. The van der Waals surface area contributed by atoms with Crippen LogP contribution < -0.4 is 4.72 Å². The van der Waals surface area contributed by atoms with Crippen LogP contribution in [-0.2, 0) is 35.2 Å². The van der Waals surface area contributed by atoms with Crippen molar-refractivity contribution in [1.82, 2.24) is 9.62 Å². The number of amides is 1. The van der Waals surface area contributed by atoms with E-state index in [1.165, 1.54) is 7.05 Å². The highest BCUT2D eigenvalue weighted by Gasteiger charge is 2.28. The van der Waals surface area contributed by atoms with Gasteiger partial charge in [0.15, 0.2) is 0 Å². The summed E-state index contributed by atoms with van der Waals surface area (Å²) < 4.78 is 49.6. The first kappa shape index (κ1) is 22.1. The predicted octanol–water partition coefficient (Wildman–Crippen LogP) is -0.548. The molecule has 1 atom stereocenters. The number of benzene rings is 1. The van der Waals surface area contributed by atoms with Gasteiger partial charge in [-0.05, 0) is 12.0 Å². The predicted molar refractivity (Wildman–Crippen MR) is 95.6 cm³/mol. The number of sulfone groups is 1. The molecule has 1 rings (SSSR count). The fourth-order valence-corrected chi connectivity index (χ4v) is 4.19. The van der Waals surface area contributed by atoms with Crippen molar-refractivity contribution in [2.75, 3.05) is 25.6 Å². The van der Waals surface area contributed by atoms with E-state index < -0.39 is 50.1 Å². The number of hydrogen-bond acceptors (Lipinski definition) is 6. The number of carboxylic acids is 1. The zero-order valence-corrected chi connectivity index (χ0v) is 16.1. The molecule has 26 heavy (non-hydrogen) atoms. The third kappa shape index (κ3) is 8.41. The molecule has 1 amide bonds. The second-order valence-electron chi connectivity index (χ2n) is 5.92. The van der Waals surface area contributed by atoms with Gasteiger partial charge in [-0.15, -0.1) is 0 Å². The average Bonchev–Trinajstić information content (AvgIpc) is 2.49. The first-order valence-electron chi connectivity index (χ1n) is 7.58. The molecule has 0 aromatic heterocycles. The van der Waals surface area contributed by atoms with E-state index in [1.807, 2.05) is 0 Å². The molecule has 146 valence electrons. The first-order valence-corrected chi connectivity index (χ1v) is 11.3. The zero-order valence-electron chi connectivity index (χ0n) is 14.5. The minimum absolute atomic E-state index is 0.296. The normalized spacial score (nSPS) is 13.2. The van der Waals surface area contributed by atoms with Gasteiger partial charge in [-0.1, -0.05) is 30.3 Å². The largest absolute Gasteiger partial charge is 0.480 e. The number of nitrogens with zero attached hydrogens (tertiary/aromatic N) is 1. The Balaban J connectivity index is 2.96. The molecule has 0 bridgehead atoms. The molecule has 1 unspecified atom stereocenters. The van der Waals surface area contributed by atoms with E-state index in [9.17, 15) is 26.4 Å². The summed E-state index contributed by atoms with van der Waals surface area (Å²) in [6.45, 7) is -0.630. The Morgan fingerprint density at radius 3 is 2.23 bits per heavy atom. The van der Waals surface area contributed by atoms with Gasteiger partial charge < -0.3 is 10.0 Å². The number of hydrogen-bond donors (Lipinski definition) is 2. The van der Waals surface area contributed by atoms with E-state index in [0.29, 0.717) is 5.56 Å². The van der Waals surface area contributed by atoms with E-state index in [-0.39, 0.29) is 12.2 Å². The van der Waals surface area contributed by atoms with E-state index in [2.05, 4.69) is 4.72 Å². The van der Waals surface area contributed by atoms with Crippen LogP contribution in [0.4, 0.5) is 0 Å². The van der Waals surface area contributed by atoms with Crippen molar-refractivity contribution in [3.05, 3.63) is 35.9 Å². The van der Waals surface area contributed by atoms with Crippen molar-refractivity contribution in [3.8, 4) is 0 Å². The molecule has 0 saturated heterocycles. The van der Waals surface area contributed by atoms with Crippen molar-refractivity contribution >= 4 is 31.7 Å². The SMILES string of the molecule is CN(CC(=O)O)C(=O)C(CCS(C)(=O)=O)NS(=O)(=O)Cc1ccccc1. The van der Waals surface area contributed by atoms with E-state index in [1.54, 1.807) is 30.3 Å². The number of carbonyl (C=O) groups is 2. The lowest BCUT2D eigenvalue weighted by Crippen LogP contribution is -2.49. The van der Waals surface area contributed by atoms with Crippen LogP contribution >= 0.6 is 0 Å². The molecular formula is C15H22N2O7S2. The Morgan fingerprint density at radius 2 is 1.73 bits per heavy atom. The summed E-state index contributed by atoms with van der Waals surface area (Å²) in [7, 11) is -6.18. The van der Waals surface area contributed by atoms with Gasteiger partial charge in [0.25, 0.3) is 0 Å². The minimum atomic E-state index is -3.95.